The quantitative estimate of drug-likeness (QED) is 0.580. The minimum absolute atomic E-state index is 0.142. The predicted molar refractivity (Wildman–Crippen MR) is 68.0 cm³/mol. The van der Waals surface area contributed by atoms with Crippen LogP contribution in [0.2, 0.25) is 0 Å². The van der Waals surface area contributed by atoms with E-state index in [2.05, 4.69) is 0 Å². The van der Waals surface area contributed by atoms with Crippen LogP contribution in [0.1, 0.15) is 18.4 Å². The highest BCUT2D eigenvalue weighted by atomic mass is 19.4. The Morgan fingerprint density at radius 1 is 1.05 bits per heavy atom. The molecule has 7 heteroatoms. The molecule has 0 atom stereocenters. The minimum atomic E-state index is -5.86. The number of hydrogen-bond donors (Lipinski definition) is 0. The van der Waals surface area contributed by atoms with Crippen LogP contribution in [0.4, 0.5) is 22.0 Å². The van der Waals surface area contributed by atoms with Crippen LogP contribution in [0.25, 0.3) is 0 Å². The van der Waals surface area contributed by atoms with Gasteiger partial charge in [0.05, 0.1) is 0 Å². The van der Waals surface area contributed by atoms with E-state index in [9.17, 15) is 26.7 Å². The molecule has 2 nitrogen and oxygen atoms in total. The van der Waals surface area contributed by atoms with Gasteiger partial charge in [-0.25, -0.2) is 0 Å². The van der Waals surface area contributed by atoms with E-state index < -0.39 is 18.0 Å². The molecule has 0 spiro atoms. The molecule has 0 bridgehead atoms. The Hall–Kier alpha value is -1.66. The Kier molecular flexibility index (Phi) is 5.69. The van der Waals surface area contributed by atoms with Crippen LogP contribution in [0.3, 0.4) is 0 Å². The standard InChI is InChI=1S/C14H16F5NO/c1-20(12(21)13(15,16)14(17,18)19)10-6-5-9-11-7-3-2-4-8-11/h2-4,7-8H,5-6,9-10H2,1H3. The van der Waals surface area contributed by atoms with Crippen LogP contribution in [0.15, 0.2) is 30.3 Å². The van der Waals surface area contributed by atoms with Gasteiger partial charge in [-0.3, -0.25) is 4.79 Å². The molecule has 0 saturated carbocycles. The number of alkyl halides is 5. The molecule has 1 aromatic rings. The van der Waals surface area contributed by atoms with Gasteiger partial charge >= 0.3 is 18.0 Å². The zero-order valence-corrected chi connectivity index (χ0v) is 11.5. The maximum Gasteiger partial charge on any atom is 0.463 e. The topological polar surface area (TPSA) is 20.3 Å². The van der Waals surface area contributed by atoms with Crippen LogP contribution in [0, 0.1) is 0 Å². The molecule has 118 valence electrons. The van der Waals surface area contributed by atoms with Crippen molar-refractivity contribution >= 4 is 5.91 Å². The molecule has 1 rings (SSSR count). The average Bonchev–Trinajstić information content (AvgIpc) is 2.42. The summed E-state index contributed by atoms with van der Waals surface area (Å²) in [7, 11) is 0.949. The third-order valence-electron chi connectivity index (χ3n) is 3.02. The zero-order chi connectivity index (χ0) is 16.1. The van der Waals surface area contributed by atoms with E-state index >= 15 is 0 Å². The maximum absolute atomic E-state index is 12.8. The van der Waals surface area contributed by atoms with Crippen molar-refractivity contribution in [3.63, 3.8) is 0 Å². The third kappa shape index (κ3) is 4.68. The Balaban J connectivity index is 2.40. The fourth-order valence-electron chi connectivity index (χ4n) is 1.79. The maximum atomic E-state index is 12.8. The summed E-state index contributed by atoms with van der Waals surface area (Å²) >= 11 is 0. The van der Waals surface area contributed by atoms with Crippen LogP contribution >= 0.6 is 0 Å². The van der Waals surface area contributed by atoms with Gasteiger partial charge in [0.2, 0.25) is 0 Å². The second-order valence-electron chi connectivity index (χ2n) is 4.74. The molecule has 0 saturated heterocycles. The van der Waals surface area contributed by atoms with E-state index in [0.717, 1.165) is 12.6 Å². The molecule has 0 aliphatic carbocycles. The van der Waals surface area contributed by atoms with Crippen molar-refractivity contribution < 1.29 is 26.7 Å². The van der Waals surface area contributed by atoms with Crippen LogP contribution in [-0.2, 0) is 11.2 Å². The lowest BCUT2D eigenvalue weighted by Gasteiger charge is -2.24. The molecular weight excluding hydrogens is 293 g/mol. The summed E-state index contributed by atoms with van der Waals surface area (Å²) < 4.78 is 61.8. The molecule has 0 aliphatic heterocycles. The number of halogens is 5. The fourth-order valence-corrected chi connectivity index (χ4v) is 1.79. The first-order valence-corrected chi connectivity index (χ1v) is 6.40. The summed E-state index contributed by atoms with van der Waals surface area (Å²) in [6, 6.07) is 9.36. The molecule has 0 fully saturated rings. The molecule has 0 heterocycles. The SMILES string of the molecule is CN(CCCCc1ccccc1)C(=O)C(F)(F)C(F)(F)F. The summed E-state index contributed by atoms with van der Waals surface area (Å²) in [6.45, 7) is -0.142. The van der Waals surface area contributed by atoms with Gasteiger partial charge in [-0.15, -0.1) is 0 Å². The summed E-state index contributed by atoms with van der Waals surface area (Å²) in [5.74, 6) is -7.55. The van der Waals surface area contributed by atoms with Gasteiger partial charge in [0, 0.05) is 13.6 Å². The number of hydrogen-bond acceptors (Lipinski definition) is 1. The average molecular weight is 309 g/mol. The lowest BCUT2D eigenvalue weighted by atomic mass is 10.1. The van der Waals surface area contributed by atoms with E-state index in [1.54, 1.807) is 0 Å². The Bertz CT molecular complexity index is 458. The van der Waals surface area contributed by atoms with Crippen molar-refractivity contribution in [3.05, 3.63) is 35.9 Å². The molecule has 1 amide bonds. The largest absolute Gasteiger partial charge is 0.463 e. The predicted octanol–water partition coefficient (Wildman–Crippen LogP) is 3.67. The number of benzene rings is 1. The summed E-state index contributed by atoms with van der Waals surface area (Å²) in [5, 5.41) is 0. The van der Waals surface area contributed by atoms with E-state index in [1.807, 2.05) is 30.3 Å². The highest BCUT2D eigenvalue weighted by Crippen LogP contribution is 2.36. The first-order chi connectivity index (χ1) is 9.66. The summed E-state index contributed by atoms with van der Waals surface area (Å²) in [4.78, 5) is 11.6. The van der Waals surface area contributed by atoms with Gasteiger partial charge in [-0.2, -0.15) is 22.0 Å². The first-order valence-electron chi connectivity index (χ1n) is 6.40. The normalized spacial score (nSPS) is 12.3. The van der Waals surface area contributed by atoms with Crippen molar-refractivity contribution in [1.82, 2.24) is 4.90 Å². The van der Waals surface area contributed by atoms with Crippen molar-refractivity contribution in [1.29, 1.82) is 0 Å². The summed E-state index contributed by atoms with van der Waals surface area (Å²) in [6.07, 6.45) is -4.23. The van der Waals surface area contributed by atoms with Gasteiger partial charge in [-0.05, 0) is 24.8 Å². The van der Waals surface area contributed by atoms with E-state index in [4.69, 9.17) is 0 Å². The molecular formula is C14H16F5NO. The molecule has 0 radical (unpaired) electrons. The lowest BCUT2D eigenvalue weighted by Crippen LogP contribution is -2.51. The van der Waals surface area contributed by atoms with Gasteiger partial charge in [0.15, 0.2) is 0 Å². The van der Waals surface area contributed by atoms with Crippen molar-refractivity contribution in [2.75, 3.05) is 13.6 Å². The van der Waals surface area contributed by atoms with Gasteiger partial charge in [0.1, 0.15) is 0 Å². The summed E-state index contributed by atoms with van der Waals surface area (Å²) in [5.41, 5.74) is 1.05. The molecule has 21 heavy (non-hydrogen) atoms. The number of rotatable bonds is 6. The van der Waals surface area contributed by atoms with Crippen LogP contribution < -0.4 is 0 Å². The second-order valence-corrected chi connectivity index (χ2v) is 4.74. The molecule has 0 N–H and O–H groups in total. The highest BCUT2D eigenvalue weighted by Gasteiger charge is 2.64. The van der Waals surface area contributed by atoms with Gasteiger partial charge < -0.3 is 4.90 Å². The third-order valence-corrected chi connectivity index (χ3v) is 3.02. The number of nitrogens with zero attached hydrogens (tertiary/aromatic N) is 1. The van der Waals surface area contributed by atoms with Crippen molar-refractivity contribution in [2.45, 2.75) is 31.4 Å². The fraction of sp³-hybridized carbons (Fsp3) is 0.500. The van der Waals surface area contributed by atoms with E-state index in [-0.39, 0.29) is 6.54 Å². The molecule has 0 unspecified atom stereocenters. The highest BCUT2D eigenvalue weighted by molar-refractivity contribution is 5.84. The Labute approximate surface area is 119 Å². The zero-order valence-electron chi connectivity index (χ0n) is 11.5. The number of carbonyl (C=O) groups is 1. The van der Waals surface area contributed by atoms with Gasteiger partial charge in [-0.1, -0.05) is 30.3 Å². The first kappa shape index (κ1) is 17.4. The molecule has 1 aromatic carbocycles. The number of carbonyl (C=O) groups excluding carboxylic acids is 1. The Morgan fingerprint density at radius 2 is 1.62 bits per heavy atom. The number of amides is 1. The minimum Gasteiger partial charge on any atom is -0.340 e. The Morgan fingerprint density at radius 3 is 2.14 bits per heavy atom. The van der Waals surface area contributed by atoms with Gasteiger partial charge in [0.25, 0.3) is 0 Å². The number of aryl methyl sites for hydroxylation is 1. The van der Waals surface area contributed by atoms with Crippen LogP contribution in [-0.4, -0.2) is 36.5 Å². The smallest absolute Gasteiger partial charge is 0.340 e. The van der Waals surface area contributed by atoms with Crippen molar-refractivity contribution in [2.24, 2.45) is 0 Å². The van der Waals surface area contributed by atoms with E-state index in [1.165, 1.54) is 0 Å². The van der Waals surface area contributed by atoms with Crippen LogP contribution in [0.5, 0.6) is 0 Å². The monoisotopic (exact) mass is 309 g/mol. The van der Waals surface area contributed by atoms with E-state index in [0.29, 0.717) is 24.2 Å². The van der Waals surface area contributed by atoms with Crippen molar-refractivity contribution in [3.8, 4) is 0 Å². The lowest BCUT2D eigenvalue weighted by molar-refractivity contribution is -0.274. The second kappa shape index (κ2) is 6.87. The molecule has 0 aromatic heterocycles. The molecule has 0 aliphatic rings. The number of unbranched alkanes of at least 4 members (excludes halogenated alkanes) is 1.